The van der Waals surface area contributed by atoms with Crippen LogP contribution >= 0.6 is 0 Å². The average molecular weight is 260 g/mol. The number of rotatable bonds is 3. The number of halogens is 2. The number of carbonyl (C=O) groups excluding carboxylic acids is 1. The van der Waals surface area contributed by atoms with Crippen molar-refractivity contribution in [2.75, 3.05) is 0 Å². The van der Waals surface area contributed by atoms with Crippen molar-refractivity contribution in [3.05, 3.63) is 71.3 Å². The molecule has 2 nitrogen and oxygen atoms in total. The van der Waals surface area contributed by atoms with E-state index in [9.17, 15) is 13.6 Å². The zero-order chi connectivity index (χ0) is 13.8. The summed E-state index contributed by atoms with van der Waals surface area (Å²) >= 11 is 0. The molecule has 0 aliphatic heterocycles. The Bertz CT molecular complexity index is 631. The molecule has 0 heterocycles. The van der Waals surface area contributed by atoms with Gasteiger partial charge in [-0.2, -0.15) is 0 Å². The van der Waals surface area contributed by atoms with Crippen molar-refractivity contribution in [3.63, 3.8) is 0 Å². The van der Waals surface area contributed by atoms with Gasteiger partial charge in [0.15, 0.2) is 17.4 Å². The monoisotopic (exact) mass is 260 g/mol. The molecule has 0 bridgehead atoms. The predicted molar refractivity (Wildman–Crippen MR) is 67.8 cm³/mol. The number of carbonyl (C=O) groups is 1. The normalized spacial score (nSPS) is 10.8. The second-order valence-electron chi connectivity index (χ2n) is 3.92. The molecule has 0 radical (unpaired) electrons. The quantitative estimate of drug-likeness (QED) is 0.676. The van der Waals surface area contributed by atoms with Crippen LogP contribution in [0.4, 0.5) is 8.78 Å². The highest BCUT2D eigenvalue weighted by molar-refractivity contribution is 6.06. The van der Waals surface area contributed by atoms with E-state index in [0.29, 0.717) is 11.1 Å². The second kappa shape index (κ2) is 5.44. The lowest BCUT2D eigenvalue weighted by atomic mass is 10.1. The standard InChI is InChI=1S/C15H10F2O2/c16-13-7-1-10(9-14(13)17)2-8-15(19)11-3-5-12(18)6-4-11/h1-9,18H/b8-2+. The molecule has 96 valence electrons. The fourth-order valence-corrected chi connectivity index (χ4v) is 1.51. The van der Waals surface area contributed by atoms with Crippen LogP contribution in [-0.2, 0) is 0 Å². The van der Waals surface area contributed by atoms with E-state index in [1.54, 1.807) is 0 Å². The summed E-state index contributed by atoms with van der Waals surface area (Å²) in [5.74, 6) is -2.10. The molecular formula is C15H10F2O2. The van der Waals surface area contributed by atoms with Crippen molar-refractivity contribution >= 4 is 11.9 Å². The summed E-state index contributed by atoms with van der Waals surface area (Å²) in [6.45, 7) is 0. The van der Waals surface area contributed by atoms with Gasteiger partial charge in [-0.25, -0.2) is 8.78 Å². The van der Waals surface area contributed by atoms with Gasteiger partial charge < -0.3 is 5.11 Å². The molecule has 0 atom stereocenters. The van der Waals surface area contributed by atoms with Crippen LogP contribution < -0.4 is 0 Å². The molecule has 1 N–H and O–H groups in total. The first-order valence-electron chi connectivity index (χ1n) is 5.53. The summed E-state index contributed by atoms with van der Waals surface area (Å²) in [5, 5.41) is 9.10. The Kier molecular flexibility index (Phi) is 3.71. The molecule has 2 aromatic rings. The highest BCUT2D eigenvalue weighted by Gasteiger charge is 2.03. The molecule has 0 aliphatic rings. The molecule has 2 aromatic carbocycles. The van der Waals surface area contributed by atoms with Crippen molar-refractivity contribution in [3.8, 4) is 5.75 Å². The van der Waals surface area contributed by atoms with Gasteiger partial charge in [0.05, 0.1) is 0 Å². The molecule has 2 rings (SSSR count). The number of allylic oxidation sites excluding steroid dienone is 1. The third-order valence-corrected chi connectivity index (χ3v) is 2.52. The zero-order valence-corrected chi connectivity index (χ0v) is 9.81. The first-order valence-corrected chi connectivity index (χ1v) is 5.53. The number of ketones is 1. The van der Waals surface area contributed by atoms with E-state index < -0.39 is 11.6 Å². The van der Waals surface area contributed by atoms with Crippen LogP contribution in [0.1, 0.15) is 15.9 Å². The third kappa shape index (κ3) is 3.25. The van der Waals surface area contributed by atoms with Crippen molar-refractivity contribution < 1.29 is 18.7 Å². The van der Waals surface area contributed by atoms with Crippen molar-refractivity contribution in [2.45, 2.75) is 0 Å². The lowest BCUT2D eigenvalue weighted by Gasteiger charge is -1.97. The van der Waals surface area contributed by atoms with Crippen LogP contribution in [0.25, 0.3) is 6.08 Å². The SMILES string of the molecule is O=C(/C=C/c1ccc(F)c(F)c1)c1ccc(O)cc1. The van der Waals surface area contributed by atoms with Crippen molar-refractivity contribution in [2.24, 2.45) is 0 Å². The van der Waals surface area contributed by atoms with E-state index >= 15 is 0 Å². The number of hydrogen-bond acceptors (Lipinski definition) is 2. The fourth-order valence-electron chi connectivity index (χ4n) is 1.51. The largest absolute Gasteiger partial charge is 0.508 e. The summed E-state index contributed by atoms with van der Waals surface area (Å²) in [5.41, 5.74) is 0.794. The molecule has 0 spiro atoms. The topological polar surface area (TPSA) is 37.3 Å². The fraction of sp³-hybridized carbons (Fsp3) is 0. The molecule has 0 saturated carbocycles. The van der Waals surface area contributed by atoms with Gasteiger partial charge >= 0.3 is 0 Å². The summed E-state index contributed by atoms with van der Waals surface area (Å²) in [6, 6.07) is 9.15. The molecule has 0 aromatic heterocycles. The van der Waals surface area contributed by atoms with Gasteiger partial charge in [0.25, 0.3) is 0 Å². The predicted octanol–water partition coefficient (Wildman–Crippen LogP) is 3.57. The van der Waals surface area contributed by atoms with E-state index in [4.69, 9.17) is 5.11 Å². The van der Waals surface area contributed by atoms with Crippen LogP contribution in [0.15, 0.2) is 48.5 Å². The van der Waals surface area contributed by atoms with Crippen molar-refractivity contribution in [1.29, 1.82) is 0 Å². The summed E-state index contributed by atoms with van der Waals surface area (Å²) in [7, 11) is 0. The first-order chi connectivity index (χ1) is 9.06. The zero-order valence-electron chi connectivity index (χ0n) is 9.81. The molecular weight excluding hydrogens is 250 g/mol. The summed E-state index contributed by atoms with van der Waals surface area (Å²) in [4.78, 5) is 11.7. The van der Waals surface area contributed by atoms with Crippen LogP contribution in [0, 0.1) is 11.6 Å². The smallest absolute Gasteiger partial charge is 0.185 e. The van der Waals surface area contributed by atoms with Gasteiger partial charge in [0.1, 0.15) is 5.75 Å². The van der Waals surface area contributed by atoms with Gasteiger partial charge in [0, 0.05) is 5.56 Å². The van der Waals surface area contributed by atoms with Gasteiger partial charge in [-0.1, -0.05) is 12.1 Å². The van der Waals surface area contributed by atoms with Gasteiger partial charge in [-0.05, 0) is 48.0 Å². The lowest BCUT2D eigenvalue weighted by Crippen LogP contribution is -1.93. The third-order valence-electron chi connectivity index (χ3n) is 2.52. The lowest BCUT2D eigenvalue weighted by molar-refractivity contribution is 0.104. The molecule has 0 unspecified atom stereocenters. The number of benzene rings is 2. The van der Waals surface area contributed by atoms with Gasteiger partial charge in [0.2, 0.25) is 0 Å². The average Bonchev–Trinajstić information content (AvgIpc) is 2.40. The Balaban J connectivity index is 2.15. The number of hydrogen-bond donors (Lipinski definition) is 1. The maximum absolute atomic E-state index is 12.9. The molecule has 0 amide bonds. The minimum atomic E-state index is -0.959. The minimum absolute atomic E-state index is 0.0705. The summed E-state index contributed by atoms with van der Waals surface area (Å²) < 4.78 is 25.7. The Morgan fingerprint density at radius 1 is 1.00 bits per heavy atom. The van der Waals surface area contributed by atoms with E-state index in [1.807, 2.05) is 0 Å². The highest BCUT2D eigenvalue weighted by atomic mass is 19.2. The first kappa shape index (κ1) is 13.0. The Morgan fingerprint density at radius 3 is 2.32 bits per heavy atom. The molecule has 19 heavy (non-hydrogen) atoms. The van der Waals surface area contributed by atoms with Crippen LogP contribution in [0.2, 0.25) is 0 Å². The summed E-state index contributed by atoms with van der Waals surface area (Å²) in [6.07, 6.45) is 2.66. The Hall–Kier alpha value is -2.49. The number of phenols is 1. The van der Waals surface area contributed by atoms with Crippen molar-refractivity contribution in [1.82, 2.24) is 0 Å². The van der Waals surface area contributed by atoms with E-state index in [1.165, 1.54) is 42.5 Å². The molecule has 0 saturated heterocycles. The minimum Gasteiger partial charge on any atom is -0.508 e. The maximum Gasteiger partial charge on any atom is 0.185 e. The second-order valence-corrected chi connectivity index (χ2v) is 3.92. The maximum atomic E-state index is 12.9. The van der Waals surface area contributed by atoms with E-state index in [0.717, 1.165) is 12.1 Å². The van der Waals surface area contributed by atoms with Crippen LogP contribution in [0.5, 0.6) is 5.75 Å². The van der Waals surface area contributed by atoms with Crippen LogP contribution in [0.3, 0.4) is 0 Å². The highest BCUT2D eigenvalue weighted by Crippen LogP contribution is 2.13. The molecule has 4 heteroatoms. The van der Waals surface area contributed by atoms with Crippen LogP contribution in [-0.4, -0.2) is 10.9 Å². The number of aromatic hydroxyl groups is 1. The van der Waals surface area contributed by atoms with Gasteiger partial charge in [-0.15, -0.1) is 0 Å². The van der Waals surface area contributed by atoms with E-state index in [-0.39, 0.29) is 11.5 Å². The molecule has 0 fully saturated rings. The Morgan fingerprint density at radius 2 is 1.68 bits per heavy atom. The van der Waals surface area contributed by atoms with E-state index in [2.05, 4.69) is 0 Å². The van der Waals surface area contributed by atoms with Gasteiger partial charge in [-0.3, -0.25) is 4.79 Å². The molecule has 0 aliphatic carbocycles. The number of phenolic OH excluding ortho intramolecular Hbond substituents is 1. The Labute approximate surface area is 108 Å².